The van der Waals surface area contributed by atoms with Gasteiger partial charge in [0.25, 0.3) is 0 Å². The molecular weight excluding hydrogens is 316 g/mol. The van der Waals surface area contributed by atoms with Crippen LogP contribution in [0, 0.1) is 0 Å². The normalized spacial score (nSPS) is 14.6. The maximum atomic E-state index is 3.71. The fourth-order valence-electron chi connectivity index (χ4n) is 3.83. The summed E-state index contributed by atoms with van der Waals surface area (Å²) in [6.07, 6.45) is 10.1. The van der Waals surface area contributed by atoms with Crippen molar-refractivity contribution in [3.05, 3.63) is 108 Å². The summed E-state index contributed by atoms with van der Waals surface area (Å²) < 4.78 is 2.47. The minimum absolute atomic E-state index is 0.899. The Balaban J connectivity index is 1.61. The van der Waals surface area contributed by atoms with E-state index in [4.69, 9.17) is 0 Å². The molecule has 26 heavy (non-hydrogen) atoms. The first-order valence-electron chi connectivity index (χ1n) is 9.16. The summed E-state index contributed by atoms with van der Waals surface area (Å²) in [5.74, 6) is 0. The van der Waals surface area contributed by atoms with Crippen molar-refractivity contribution in [1.82, 2.24) is 9.47 Å². The van der Waals surface area contributed by atoms with E-state index >= 15 is 0 Å². The minimum atomic E-state index is 0.899. The Bertz CT molecular complexity index is 961. The molecule has 0 fully saturated rings. The molecule has 0 radical (unpaired) electrons. The van der Waals surface area contributed by atoms with Crippen LogP contribution >= 0.6 is 0 Å². The van der Waals surface area contributed by atoms with Crippen LogP contribution < -0.4 is 0 Å². The van der Waals surface area contributed by atoms with E-state index in [9.17, 15) is 0 Å². The van der Waals surface area contributed by atoms with E-state index in [0.717, 1.165) is 26.2 Å². The second-order valence-corrected chi connectivity index (χ2v) is 6.73. The van der Waals surface area contributed by atoms with E-state index in [-0.39, 0.29) is 0 Å². The fraction of sp³-hybridized carbons (Fsp3) is 0.167. The van der Waals surface area contributed by atoms with Crippen LogP contribution in [0.3, 0.4) is 0 Å². The molecule has 0 spiro atoms. The van der Waals surface area contributed by atoms with Crippen molar-refractivity contribution in [2.45, 2.75) is 26.2 Å². The van der Waals surface area contributed by atoms with Crippen LogP contribution in [0.2, 0.25) is 0 Å². The second-order valence-electron chi connectivity index (χ2n) is 6.73. The van der Waals surface area contributed by atoms with Crippen molar-refractivity contribution in [3.8, 4) is 0 Å². The Hall–Kier alpha value is -2.84. The van der Waals surface area contributed by atoms with Gasteiger partial charge in [-0.25, -0.2) is 0 Å². The highest BCUT2D eigenvalue weighted by Gasteiger charge is 2.26. The number of para-hydroxylation sites is 1. The highest BCUT2D eigenvalue weighted by molar-refractivity contribution is 5.86. The number of benzene rings is 2. The van der Waals surface area contributed by atoms with Gasteiger partial charge in [0, 0.05) is 42.8 Å². The lowest BCUT2D eigenvalue weighted by molar-refractivity contribution is 0.272. The maximum absolute atomic E-state index is 3.71. The summed E-state index contributed by atoms with van der Waals surface area (Å²) in [5.41, 5.74) is 5.67. The number of fused-ring (bicyclic) bond motifs is 3. The Morgan fingerprint density at radius 1 is 0.885 bits per heavy atom. The summed E-state index contributed by atoms with van der Waals surface area (Å²) in [7, 11) is 0. The number of hydrogen-bond donors (Lipinski definition) is 0. The molecule has 1 aliphatic heterocycles. The van der Waals surface area contributed by atoms with E-state index in [2.05, 4.69) is 82.8 Å². The summed E-state index contributed by atoms with van der Waals surface area (Å²) in [4.78, 5) is 2.53. The lowest BCUT2D eigenvalue weighted by Gasteiger charge is -2.16. The molecule has 2 heteroatoms. The van der Waals surface area contributed by atoms with Crippen molar-refractivity contribution in [1.29, 1.82) is 0 Å². The van der Waals surface area contributed by atoms with E-state index in [1.165, 1.54) is 27.7 Å². The van der Waals surface area contributed by atoms with E-state index < -0.39 is 0 Å². The quantitative estimate of drug-likeness (QED) is 0.541. The second kappa shape index (κ2) is 7.59. The highest BCUT2D eigenvalue weighted by atomic mass is 15.2. The van der Waals surface area contributed by atoms with Crippen molar-refractivity contribution in [3.63, 3.8) is 0 Å². The Labute approximate surface area is 155 Å². The maximum Gasteiger partial charge on any atom is 0.0489 e. The number of aromatic nitrogens is 1. The first kappa shape index (κ1) is 16.6. The van der Waals surface area contributed by atoms with Gasteiger partial charge >= 0.3 is 0 Å². The van der Waals surface area contributed by atoms with Crippen LogP contribution in [0.1, 0.15) is 16.8 Å². The molecule has 0 unspecified atom stereocenters. The third-order valence-electron chi connectivity index (χ3n) is 4.98. The molecule has 3 aromatic rings. The monoisotopic (exact) mass is 340 g/mol. The largest absolute Gasteiger partial charge is 0.339 e. The summed E-state index contributed by atoms with van der Waals surface area (Å²) in [6.45, 7) is 7.64. The van der Waals surface area contributed by atoms with Gasteiger partial charge in [-0.15, -0.1) is 0 Å². The van der Waals surface area contributed by atoms with E-state index in [0.29, 0.717) is 0 Å². The van der Waals surface area contributed by atoms with Crippen molar-refractivity contribution < 1.29 is 0 Å². The molecule has 0 bridgehead atoms. The predicted octanol–water partition coefficient (Wildman–Crippen LogP) is 5.46. The average Bonchev–Trinajstić information content (AvgIpc) is 3.20. The van der Waals surface area contributed by atoms with Gasteiger partial charge in [-0.1, -0.05) is 85.5 Å². The SMILES string of the molecule is C=C/C=C\C=C/Cn1c2c(c3ccccc31)CN(Cc1ccccc1)C2. The molecule has 0 atom stereocenters. The number of allylic oxidation sites excluding steroid dienone is 5. The summed E-state index contributed by atoms with van der Waals surface area (Å²) in [5, 5.41) is 1.40. The van der Waals surface area contributed by atoms with Crippen LogP contribution in [0.4, 0.5) is 0 Å². The van der Waals surface area contributed by atoms with Crippen molar-refractivity contribution in [2.24, 2.45) is 0 Å². The molecule has 0 N–H and O–H groups in total. The third-order valence-corrected chi connectivity index (χ3v) is 4.98. The third kappa shape index (κ3) is 3.29. The molecule has 1 aliphatic rings. The molecule has 2 nitrogen and oxygen atoms in total. The van der Waals surface area contributed by atoms with Crippen molar-refractivity contribution in [2.75, 3.05) is 0 Å². The molecule has 4 rings (SSSR count). The molecule has 2 heterocycles. The smallest absolute Gasteiger partial charge is 0.0489 e. The van der Waals surface area contributed by atoms with Gasteiger partial charge in [0.1, 0.15) is 0 Å². The molecule has 130 valence electrons. The summed E-state index contributed by atoms with van der Waals surface area (Å²) in [6, 6.07) is 19.5. The minimum Gasteiger partial charge on any atom is -0.339 e. The first-order valence-corrected chi connectivity index (χ1v) is 9.16. The Morgan fingerprint density at radius 2 is 1.69 bits per heavy atom. The molecule has 0 saturated carbocycles. The topological polar surface area (TPSA) is 8.17 Å². The molecule has 2 aromatic carbocycles. The van der Waals surface area contributed by atoms with Gasteiger partial charge in [-0.2, -0.15) is 0 Å². The lowest BCUT2D eigenvalue weighted by Crippen LogP contribution is -2.17. The van der Waals surface area contributed by atoms with Crippen molar-refractivity contribution >= 4 is 10.9 Å². The van der Waals surface area contributed by atoms with Gasteiger partial charge < -0.3 is 4.57 Å². The van der Waals surface area contributed by atoms with Gasteiger partial charge in [0.2, 0.25) is 0 Å². The van der Waals surface area contributed by atoms with Crippen LogP contribution in [-0.4, -0.2) is 9.47 Å². The van der Waals surface area contributed by atoms with Crippen LogP contribution in [0.5, 0.6) is 0 Å². The molecule has 1 aromatic heterocycles. The van der Waals surface area contributed by atoms with Crippen LogP contribution in [0.15, 0.2) is 91.6 Å². The Kier molecular flexibility index (Phi) is 4.85. The lowest BCUT2D eigenvalue weighted by atomic mass is 10.1. The highest BCUT2D eigenvalue weighted by Crippen LogP contribution is 2.34. The fourth-order valence-corrected chi connectivity index (χ4v) is 3.83. The predicted molar refractivity (Wildman–Crippen MR) is 110 cm³/mol. The zero-order valence-corrected chi connectivity index (χ0v) is 15.0. The average molecular weight is 340 g/mol. The Morgan fingerprint density at radius 3 is 2.54 bits per heavy atom. The number of hydrogen-bond acceptors (Lipinski definition) is 1. The van der Waals surface area contributed by atoms with Gasteiger partial charge in [0.15, 0.2) is 0 Å². The molecule has 0 amide bonds. The van der Waals surface area contributed by atoms with Gasteiger partial charge in [0.05, 0.1) is 0 Å². The zero-order chi connectivity index (χ0) is 17.8. The van der Waals surface area contributed by atoms with Gasteiger partial charge in [-0.05, 0) is 17.2 Å². The standard InChI is InChI=1S/C24H24N2/c1-2-3-4-5-11-16-26-23-15-10-9-14-21(23)22-18-25(19-24(22)26)17-20-12-7-6-8-13-20/h2-15H,1,16-19H2/b4-3-,11-5-. The molecule has 0 saturated heterocycles. The van der Waals surface area contributed by atoms with Gasteiger partial charge in [-0.3, -0.25) is 4.90 Å². The van der Waals surface area contributed by atoms with E-state index in [1.54, 1.807) is 6.08 Å². The van der Waals surface area contributed by atoms with E-state index in [1.807, 2.05) is 12.2 Å². The number of nitrogens with zero attached hydrogens (tertiary/aromatic N) is 2. The molecular formula is C24H24N2. The zero-order valence-electron chi connectivity index (χ0n) is 15.0. The summed E-state index contributed by atoms with van der Waals surface area (Å²) >= 11 is 0. The first-order chi connectivity index (χ1) is 12.9. The number of rotatable bonds is 6. The molecule has 0 aliphatic carbocycles. The van der Waals surface area contributed by atoms with Crippen LogP contribution in [0.25, 0.3) is 10.9 Å². The van der Waals surface area contributed by atoms with Crippen LogP contribution in [-0.2, 0) is 26.2 Å².